The molecule has 2 heterocycles. The molecule has 8 heteroatoms. The molecule has 0 aromatic carbocycles. The highest BCUT2D eigenvalue weighted by Crippen LogP contribution is 2.28. The smallest absolute Gasteiger partial charge is 0.302 e. The first kappa shape index (κ1) is 14.7. The fourth-order valence-electron chi connectivity index (χ4n) is 2.33. The minimum Gasteiger partial charge on any atom is -0.481 e. The Bertz CT molecular complexity index is 632. The van der Waals surface area contributed by atoms with Gasteiger partial charge in [0.05, 0.1) is 24.7 Å². The van der Waals surface area contributed by atoms with Gasteiger partial charge in [0.15, 0.2) is 0 Å². The first-order chi connectivity index (χ1) is 9.30. The quantitative estimate of drug-likeness (QED) is 0.777. The number of halogens is 1. The predicted octanol–water partition coefficient (Wildman–Crippen LogP) is 1.05. The van der Waals surface area contributed by atoms with Gasteiger partial charge in [-0.3, -0.25) is 4.79 Å². The van der Waals surface area contributed by atoms with Crippen LogP contribution in [0.2, 0.25) is 0 Å². The lowest BCUT2D eigenvalue weighted by atomic mass is 10.1. The summed E-state index contributed by atoms with van der Waals surface area (Å²) in [4.78, 5) is 17.4. The molecule has 1 aromatic rings. The monoisotopic (exact) mass is 302 g/mol. The second kappa shape index (κ2) is 5.35. The number of pyridine rings is 1. The second-order valence-corrected chi connectivity index (χ2v) is 6.21. The van der Waals surface area contributed by atoms with Gasteiger partial charge in [-0.2, -0.15) is 8.42 Å². The largest absolute Gasteiger partial charge is 0.481 e. The van der Waals surface area contributed by atoms with Crippen LogP contribution >= 0.6 is 0 Å². The molecule has 1 aliphatic rings. The normalized spacial score (nSPS) is 19.4. The summed E-state index contributed by atoms with van der Waals surface area (Å²) in [5, 5.41) is 0. The maximum Gasteiger partial charge on any atom is 0.302 e. The summed E-state index contributed by atoms with van der Waals surface area (Å²) in [7, 11) is -3.07. The van der Waals surface area contributed by atoms with E-state index in [0.29, 0.717) is 11.6 Å². The van der Waals surface area contributed by atoms with Crippen LogP contribution in [0.4, 0.5) is 9.57 Å². The van der Waals surface area contributed by atoms with E-state index in [1.165, 1.54) is 18.2 Å². The summed E-state index contributed by atoms with van der Waals surface area (Å²) in [6, 6.07) is 1.73. The lowest BCUT2D eigenvalue weighted by molar-refractivity contribution is -0.117. The Hall–Kier alpha value is -1.70. The van der Waals surface area contributed by atoms with Crippen molar-refractivity contribution in [2.24, 2.45) is 5.92 Å². The third-order valence-electron chi connectivity index (χ3n) is 3.16. The maximum absolute atomic E-state index is 12.7. The van der Waals surface area contributed by atoms with E-state index in [0.717, 1.165) is 5.56 Å². The summed E-state index contributed by atoms with van der Waals surface area (Å²) >= 11 is 0. The standard InChI is InChI=1S/C12H15FN2O4S/c1-8-3-10(5-14-12(8)19-2)15-6-9(4-11(15)16)7-20(13,17)18/h3,5,9H,4,6-7H2,1-2H3. The SMILES string of the molecule is COc1ncc(N2CC(CS(=O)(=O)F)CC2=O)cc1C. The number of carbonyl (C=O) groups is 1. The number of nitrogens with zero attached hydrogens (tertiary/aromatic N) is 2. The van der Waals surface area contributed by atoms with E-state index < -0.39 is 21.9 Å². The number of amides is 1. The molecule has 6 nitrogen and oxygen atoms in total. The van der Waals surface area contributed by atoms with Crippen LogP contribution in [0, 0.1) is 12.8 Å². The second-order valence-electron chi connectivity index (χ2n) is 4.80. The molecule has 0 radical (unpaired) electrons. The van der Waals surface area contributed by atoms with E-state index in [1.54, 1.807) is 13.0 Å². The Labute approximate surface area is 116 Å². The molecule has 0 aliphatic carbocycles. The number of aromatic nitrogens is 1. The number of aryl methyl sites for hydroxylation is 1. The highest BCUT2D eigenvalue weighted by molar-refractivity contribution is 7.86. The van der Waals surface area contributed by atoms with E-state index >= 15 is 0 Å². The molecule has 1 unspecified atom stereocenters. The molecular weight excluding hydrogens is 287 g/mol. The van der Waals surface area contributed by atoms with Crippen molar-refractivity contribution in [3.05, 3.63) is 17.8 Å². The van der Waals surface area contributed by atoms with Gasteiger partial charge in [0.1, 0.15) is 0 Å². The van der Waals surface area contributed by atoms with Crippen LogP contribution in [-0.4, -0.2) is 38.7 Å². The van der Waals surface area contributed by atoms with Gasteiger partial charge in [-0.15, -0.1) is 3.89 Å². The van der Waals surface area contributed by atoms with E-state index in [1.807, 2.05) is 0 Å². The average molecular weight is 302 g/mol. The molecule has 20 heavy (non-hydrogen) atoms. The molecule has 110 valence electrons. The van der Waals surface area contributed by atoms with E-state index in [9.17, 15) is 17.1 Å². The Balaban J connectivity index is 2.18. The molecule has 0 bridgehead atoms. The van der Waals surface area contributed by atoms with Crippen molar-refractivity contribution in [2.45, 2.75) is 13.3 Å². The Morgan fingerprint density at radius 3 is 2.80 bits per heavy atom. The summed E-state index contributed by atoms with van der Waals surface area (Å²) in [5.41, 5.74) is 1.33. The average Bonchev–Trinajstić information content (AvgIpc) is 2.67. The first-order valence-electron chi connectivity index (χ1n) is 6.03. The molecule has 1 fully saturated rings. The molecule has 0 saturated carbocycles. The van der Waals surface area contributed by atoms with Crippen LogP contribution in [0.25, 0.3) is 0 Å². The van der Waals surface area contributed by atoms with Crippen molar-refractivity contribution in [3.63, 3.8) is 0 Å². The molecular formula is C12H15FN2O4S. The topological polar surface area (TPSA) is 76.6 Å². The van der Waals surface area contributed by atoms with Crippen molar-refractivity contribution >= 4 is 21.8 Å². The molecule has 1 aliphatic heterocycles. The lowest BCUT2D eigenvalue weighted by Gasteiger charge is -2.17. The Morgan fingerprint density at radius 1 is 1.55 bits per heavy atom. The molecule has 1 saturated heterocycles. The lowest BCUT2D eigenvalue weighted by Crippen LogP contribution is -2.25. The number of ether oxygens (including phenoxy) is 1. The van der Waals surface area contributed by atoms with Crippen molar-refractivity contribution in [1.29, 1.82) is 0 Å². The van der Waals surface area contributed by atoms with Crippen LogP contribution in [-0.2, 0) is 15.0 Å². The summed E-state index contributed by atoms with van der Waals surface area (Å²) in [5.74, 6) is -0.925. The summed E-state index contributed by atoms with van der Waals surface area (Å²) < 4.78 is 39.0. The van der Waals surface area contributed by atoms with E-state index in [4.69, 9.17) is 4.74 Å². The van der Waals surface area contributed by atoms with Gasteiger partial charge >= 0.3 is 10.2 Å². The van der Waals surface area contributed by atoms with Gasteiger partial charge < -0.3 is 9.64 Å². The third-order valence-corrected chi connectivity index (χ3v) is 4.03. The van der Waals surface area contributed by atoms with Gasteiger partial charge in [-0.25, -0.2) is 4.98 Å². The zero-order valence-corrected chi connectivity index (χ0v) is 12.0. The van der Waals surface area contributed by atoms with Gasteiger partial charge in [0, 0.05) is 24.4 Å². The van der Waals surface area contributed by atoms with E-state index in [-0.39, 0.29) is 18.9 Å². The van der Waals surface area contributed by atoms with E-state index in [2.05, 4.69) is 4.98 Å². The number of methoxy groups -OCH3 is 1. The van der Waals surface area contributed by atoms with Crippen molar-refractivity contribution in [3.8, 4) is 5.88 Å². The van der Waals surface area contributed by atoms with Crippen LogP contribution in [0.5, 0.6) is 5.88 Å². The van der Waals surface area contributed by atoms with Crippen LogP contribution < -0.4 is 9.64 Å². The number of hydrogen-bond acceptors (Lipinski definition) is 5. The van der Waals surface area contributed by atoms with Gasteiger partial charge in [0.25, 0.3) is 0 Å². The van der Waals surface area contributed by atoms with Crippen molar-refractivity contribution in [1.82, 2.24) is 4.98 Å². The number of hydrogen-bond donors (Lipinski definition) is 0. The zero-order valence-electron chi connectivity index (χ0n) is 11.2. The van der Waals surface area contributed by atoms with Gasteiger partial charge in [-0.1, -0.05) is 0 Å². The van der Waals surface area contributed by atoms with Crippen LogP contribution in [0.1, 0.15) is 12.0 Å². The molecule has 1 atom stereocenters. The van der Waals surface area contributed by atoms with Gasteiger partial charge in [0.2, 0.25) is 11.8 Å². The first-order valence-corrected chi connectivity index (χ1v) is 7.59. The van der Waals surface area contributed by atoms with Crippen molar-refractivity contribution in [2.75, 3.05) is 24.3 Å². The highest BCUT2D eigenvalue weighted by Gasteiger charge is 2.33. The fourth-order valence-corrected chi connectivity index (χ4v) is 3.12. The summed E-state index contributed by atoms with van der Waals surface area (Å²) in [6.45, 7) is 1.97. The minimum absolute atomic E-state index is 0.0221. The zero-order chi connectivity index (χ0) is 14.9. The number of carbonyl (C=O) groups excluding carboxylic acids is 1. The molecule has 1 aromatic heterocycles. The number of anilines is 1. The predicted molar refractivity (Wildman–Crippen MR) is 70.9 cm³/mol. The van der Waals surface area contributed by atoms with Crippen LogP contribution in [0.15, 0.2) is 12.3 Å². The minimum atomic E-state index is -4.57. The Morgan fingerprint density at radius 2 is 2.25 bits per heavy atom. The van der Waals surface area contributed by atoms with Gasteiger partial charge in [-0.05, 0) is 13.0 Å². The fraction of sp³-hybridized carbons (Fsp3) is 0.500. The van der Waals surface area contributed by atoms with Crippen molar-refractivity contribution < 1.29 is 21.8 Å². The Kier molecular flexibility index (Phi) is 3.94. The molecule has 1 amide bonds. The third kappa shape index (κ3) is 3.24. The summed E-state index contributed by atoms with van der Waals surface area (Å²) in [6.07, 6.45) is 1.50. The van der Waals surface area contributed by atoms with Crippen LogP contribution in [0.3, 0.4) is 0 Å². The molecule has 2 rings (SSSR count). The maximum atomic E-state index is 12.7. The molecule has 0 N–H and O–H groups in total. The number of rotatable bonds is 4. The molecule has 0 spiro atoms. The highest BCUT2D eigenvalue weighted by atomic mass is 32.3.